The molecule has 2 saturated heterocycles. The van der Waals surface area contributed by atoms with Crippen molar-refractivity contribution in [2.45, 2.75) is 43.6 Å². The van der Waals surface area contributed by atoms with E-state index in [4.69, 9.17) is 4.42 Å². The van der Waals surface area contributed by atoms with Gasteiger partial charge in [0.2, 0.25) is 0 Å². The molecule has 0 aromatic carbocycles. The van der Waals surface area contributed by atoms with Crippen molar-refractivity contribution in [1.29, 1.82) is 0 Å². The molecule has 0 aliphatic carbocycles. The maximum absolute atomic E-state index is 5.80. The molecule has 2 aliphatic rings. The second-order valence-electron chi connectivity index (χ2n) is 5.32. The Hall–Kier alpha value is -0.450. The van der Waals surface area contributed by atoms with E-state index in [1.807, 2.05) is 0 Å². The largest absolute Gasteiger partial charge is 0.464 e. The fourth-order valence-corrected chi connectivity index (χ4v) is 3.73. The van der Waals surface area contributed by atoms with Crippen molar-refractivity contribution in [2.24, 2.45) is 0 Å². The molecule has 4 heteroatoms. The lowest BCUT2D eigenvalue weighted by molar-refractivity contribution is 0.295. The molecule has 3 rings (SSSR count). The molecule has 2 unspecified atom stereocenters. The van der Waals surface area contributed by atoms with E-state index in [1.165, 1.54) is 32.4 Å². The first-order valence-corrected chi connectivity index (χ1v) is 8.30. The van der Waals surface area contributed by atoms with Crippen molar-refractivity contribution >= 4 is 11.8 Å². The molecule has 2 fully saturated rings. The van der Waals surface area contributed by atoms with Crippen molar-refractivity contribution in [3.8, 4) is 0 Å². The summed E-state index contributed by atoms with van der Waals surface area (Å²) < 4.78 is 5.80. The van der Waals surface area contributed by atoms with Gasteiger partial charge >= 0.3 is 0 Å². The molecule has 3 heterocycles. The van der Waals surface area contributed by atoms with Crippen molar-refractivity contribution in [1.82, 2.24) is 10.2 Å². The molecule has 2 atom stereocenters. The van der Waals surface area contributed by atoms with E-state index >= 15 is 0 Å². The van der Waals surface area contributed by atoms with Gasteiger partial charge < -0.3 is 9.73 Å². The summed E-state index contributed by atoms with van der Waals surface area (Å²) in [6, 6.07) is 5.66. The molecule has 100 valence electrons. The number of fused-ring (bicyclic) bond motifs is 1. The molecular formula is C14H22N2OS. The van der Waals surface area contributed by atoms with Crippen LogP contribution in [0.2, 0.25) is 0 Å². The lowest BCUT2D eigenvalue weighted by Gasteiger charge is -2.20. The van der Waals surface area contributed by atoms with Gasteiger partial charge in [0.05, 0.1) is 12.3 Å². The third-order valence-electron chi connectivity index (χ3n) is 4.15. The first-order valence-electron chi connectivity index (χ1n) is 6.91. The zero-order valence-electron chi connectivity index (χ0n) is 11.0. The SMILES string of the molecule is CSCc1ccc(CNC2CCN3CCCC23)o1. The second-order valence-corrected chi connectivity index (χ2v) is 6.19. The summed E-state index contributed by atoms with van der Waals surface area (Å²) in [6.07, 6.45) is 6.14. The van der Waals surface area contributed by atoms with Crippen LogP contribution in [0.1, 0.15) is 30.8 Å². The average Bonchev–Trinajstić information content (AvgIpc) is 3.02. The van der Waals surface area contributed by atoms with E-state index in [-0.39, 0.29) is 0 Å². The van der Waals surface area contributed by atoms with Crippen molar-refractivity contribution in [2.75, 3.05) is 19.3 Å². The van der Waals surface area contributed by atoms with Crippen LogP contribution in [0.15, 0.2) is 16.5 Å². The summed E-state index contributed by atoms with van der Waals surface area (Å²) in [5.74, 6) is 3.14. The standard InChI is InChI=1S/C14H22N2OS/c1-18-10-12-5-4-11(17-12)9-15-13-6-8-16-7-2-3-14(13)16/h4-5,13-15H,2-3,6-10H2,1H3. The lowest BCUT2D eigenvalue weighted by Crippen LogP contribution is -2.38. The van der Waals surface area contributed by atoms with Crippen LogP contribution in [0.3, 0.4) is 0 Å². The number of hydrogen-bond acceptors (Lipinski definition) is 4. The van der Waals surface area contributed by atoms with Crippen LogP contribution in [0, 0.1) is 0 Å². The van der Waals surface area contributed by atoms with Gasteiger partial charge in [0.1, 0.15) is 11.5 Å². The minimum absolute atomic E-state index is 0.668. The molecule has 0 amide bonds. The minimum atomic E-state index is 0.668. The Morgan fingerprint density at radius 1 is 1.33 bits per heavy atom. The van der Waals surface area contributed by atoms with Crippen molar-refractivity contribution in [3.05, 3.63) is 23.7 Å². The number of nitrogens with zero attached hydrogens (tertiary/aromatic N) is 1. The summed E-state index contributed by atoms with van der Waals surface area (Å²) in [7, 11) is 0. The lowest BCUT2D eigenvalue weighted by atomic mass is 10.1. The van der Waals surface area contributed by atoms with Crippen LogP contribution < -0.4 is 5.32 Å². The highest BCUT2D eigenvalue weighted by molar-refractivity contribution is 7.97. The Balaban J connectivity index is 1.51. The zero-order chi connectivity index (χ0) is 12.4. The summed E-state index contributed by atoms with van der Waals surface area (Å²) >= 11 is 1.80. The summed E-state index contributed by atoms with van der Waals surface area (Å²) in [4.78, 5) is 2.64. The molecule has 0 radical (unpaired) electrons. The predicted octanol–water partition coefficient (Wildman–Crippen LogP) is 2.47. The highest BCUT2D eigenvalue weighted by Gasteiger charge is 2.36. The van der Waals surface area contributed by atoms with Crippen LogP contribution in [-0.2, 0) is 12.3 Å². The molecule has 0 spiro atoms. The fraction of sp³-hybridized carbons (Fsp3) is 0.714. The molecular weight excluding hydrogens is 244 g/mol. The zero-order valence-corrected chi connectivity index (χ0v) is 11.8. The topological polar surface area (TPSA) is 28.4 Å². The van der Waals surface area contributed by atoms with Gasteiger partial charge in [-0.05, 0) is 44.2 Å². The van der Waals surface area contributed by atoms with E-state index in [1.54, 1.807) is 11.8 Å². The molecule has 1 aromatic heterocycles. The normalized spacial score (nSPS) is 27.8. The quantitative estimate of drug-likeness (QED) is 0.886. The van der Waals surface area contributed by atoms with Crippen LogP contribution in [-0.4, -0.2) is 36.3 Å². The molecule has 2 aliphatic heterocycles. The number of nitrogens with one attached hydrogen (secondary N) is 1. The van der Waals surface area contributed by atoms with Gasteiger partial charge in [-0.1, -0.05) is 0 Å². The van der Waals surface area contributed by atoms with E-state index in [0.29, 0.717) is 6.04 Å². The van der Waals surface area contributed by atoms with Crippen LogP contribution in [0.25, 0.3) is 0 Å². The van der Waals surface area contributed by atoms with Crippen LogP contribution in [0.5, 0.6) is 0 Å². The number of thioether (sulfide) groups is 1. The van der Waals surface area contributed by atoms with E-state index in [9.17, 15) is 0 Å². The minimum Gasteiger partial charge on any atom is -0.464 e. The van der Waals surface area contributed by atoms with Gasteiger partial charge in [0.15, 0.2) is 0 Å². The Morgan fingerprint density at radius 3 is 3.11 bits per heavy atom. The Labute approximate surface area is 113 Å². The first kappa shape index (κ1) is 12.6. The van der Waals surface area contributed by atoms with Gasteiger partial charge in [0.25, 0.3) is 0 Å². The van der Waals surface area contributed by atoms with Gasteiger partial charge in [-0.2, -0.15) is 11.8 Å². The summed E-state index contributed by atoms with van der Waals surface area (Å²) in [5, 5.41) is 3.68. The number of furan rings is 1. The van der Waals surface area contributed by atoms with E-state index in [2.05, 4.69) is 28.6 Å². The third-order valence-corrected chi connectivity index (χ3v) is 4.72. The fourth-order valence-electron chi connectivity index (χ4n) is 3.29. The average molecular weight is 266 g/mol. The monoisotopic (exact) mass is 266 g/mol. The van der Waals surface area contributed by atoms with Gasteiger partial charge in [-0.3, -0.25) is 4.90 Å². The maximum Gasteiger partial charge on any atom is 0.118 e. The Bertz CT molecular complexity index is 393. The molecule has 18 heavy (non-hydrogen) atoms. The summed E-state index contributed by atoms with van der Waals surface area (Å²) in [6.45, 7) is 3.46. The Morgan fingerprint density at radius 2 is 2.22 bits per heavy atom. The summed E-state index contributed by atoms with van der Waals surface area (Å²) in [5.41, 5.74) is 0. The van der Waals surface area contributed by atoms with Crippen molar-refractivity contribution in [3.63, 3.8) is 0 Å². The highest BCUT2D eigenvalue weighted by Crippen LogP contribution is 2.28. The number of hydrogen-bond donors (Lipinski definition) is 1. The van der Waals surface area contributed by atoms with Crippen LogP contribution in [0.4, 0.5) is 0 Å². The number of rotatable bonds is 5. The van der Waals surface area contributed by atoms with Crippen molar-refractivity contribution < 1.29 is 4.42 Å². The van der Waals surface area contributed by atoms with Gasteiger partial charge in [-0.25, -0.2) is 0 Å². The van der Waals surface area contributed by atoms with Crippen LogP contribution >= 0.6 is 11.8 Å². The highest BCUT2D eigenvalue weighted by atomic mass is 32.2. The molecule has 0 saturated carbocycles. The molecule has 0 bridgehead atoms. The van der Waals surface area contributed by atoms with E-state index < -0.39 is 0 Å². The van der Waals surface area contributed by atoms with Gasteiger partial charge in [0, 0.05) is 18.6 Å². The molecule has 1 aromatic rings. The smallest absolute Gasteiger partial charge is 0.118 e. The Kier molecular flexibility index (Phi) is 3.97. The maximum atomic E-state index is 5.80. The molecule has 1 N–H and O–H groups in total. The first-order chi connectivity index (χ1) is 8.86. The molecule has 3 nitrogen and oxygen atoms in total. The van der Waals surface area contributed by atoms with E-state index in [0.717, 1.165) is 29.9 Å². The van der Waals surface area contributed by atoms with Gasteiger partial charge in [-0.15, -0.1) is 0 Å². The third kappa shape index (κ3) is 2.60. The predicted molar refractivity (Wildman–Crippen MR) is 75.8 cm³/mol. The second kappa shape index (κ2) is 5.68.